The zero-order valence-corrected chi connectivity index (χ0v) is 27.8. The van der Waals surface area contributed by atoms with E-state index in [0.29, 0.717) is 79.3 Å². The second-order valence-corrected chi connectivity index (χ2v) is 13.4. The monoisotopic (exact) mass is 608 g/mol. The van der Waals surface area contributed by atoms with Crippen molar-refractivity contribution in [1.82, 2.24) is 0 Å². The topological polar surface area (TPSA) is 55.4 Å². The molecule has 0 amide bonds. The van der Waals surface area contributed by atoms with E-state index in [-0.39, 0.29) is 51.4 Å². The Balaban J connectivity index is 0.000000261. The van der Waals surface area contributed by atoms with Crippen LogP contribution in [-0.4, -0.2) is 93.6 Å². The van der Waals surface area contributed by atoms with Gasteiger partial charge in [0.15, 0.2) is 0 Å². The van der Waals surface area contributed by atoms with Gasteiger partial charge in [0.1, 0.15) is 0 Å². The van der Waals surface area contributed by atoms with Gasteiger partial charge in [0.05, 0.1) is 79.3 Å². The minimum atomic E-state index is -1.63. The first kappa shape index (κ1) is 33.8. The van der Waals surface area contributed by atoms with Gasteiger partial charge >= 0.3 is 170 Å². The molecule has 0 spiro atoms. The van der Waals surface area contributed by atoms with E-state index < -0.39 is 14.3 Å². The van der Waals surface area contributed by atoms with Crippen LogP contribution in [0.15, 0.2) is 91.0 Å². The van der Waals surface area contributed by atoms with Gasteiger partial charge in [-0.2, -0.15) is 0 Å². The number of rotatable bonds is 3. The summed E-state index contributed by atoms with van der Waals surface area (Å²) in [6.45, 7) is 7.04. The third-order valence-electron chi connectivity index (χ3n) is 5.42. The van der Waals surface area contributed by atoms with E-state index in [2.05, 4.69) is 91.0 Å². The molecule has 0 aromatic heterocycles. The molecule has 3 aromatic carbocycles. The van der Waals surface area contributed by atoms with E-state index in [1.165, 1.54) is 13.2 Å². The van der Waals surface area contributed by atoms with E-state index in [1.54, 1.807) is 0 Å². The third-order valence-corrected chi connectivity index (χ3v) is 11.2. The maximum absolute atomic E-state index is 5.33. The Labute approximate surface area is 274 Å². The number of benzene rings is 3. The van der Waals surface area contributed by atoms with Crippen molar-refractivity contribution < 1.29 is 79.8 Å². The summed E-state index contributed by atoms with van der Waals surface area (Å²) in [5, 5.41) is 0. The molecule has 1 aliphatic heterocycles. The fraction of sp³-hybridized carbons (Fsp3) is 0.400. The first-order valence-corrected chi connectivity index (χ1v) is 16.1. The van der Waals surface area contributed by atoms with Crippen LogP contribution in [-0.2, 0) is 28.4 Å². The summed E-state index contributed by atoms with van der Waals surface area (Å²) in [4.78, 5) is 0. The molecule has 0 N–H and O–H groups in total. The SMILES string of the molecule is C1COCCOCCOCCOCCOCCO1.[K+].c1cc[c]([Ge]([c]2ccccc2)[c]2ccccc2)cc1. The quantitative estimate of drug-likeness (QED) is 0.368. The summed E-state index contributed by atoms with van der Waals surface area (Å²) in [6, 6.07) is 32.8. The Bertz CT molecular complexity index is 751. The summed E-state index contributed by atoms with van der Waals surface area (Å²) < 4.78 is 36.5. The van der Waals surface area contributed by atoms with Gasteiger partial charge in [-0.25, -0.2) is 0 Å². The molecule has 0 bridgehead atoms. The van der Waals surface area contributed by atoms with Crippen molar-refractivity contribution in [2.24, 2.45) is 0 Å². The van der Waals surface area contributed by atoms with Gasteiger partial charge in [0.2, 0.25) is 0 Å². The van der Waals surface area contributed by atoms with E-state index in [4.69, 9.17) is 28.4 Å². The van der Waals surface area contributed by atoms with Crippen LogP contribution in [0, 0.1) is 0 Å². The molecule has 199 valence electrons. The molecule has 6 nitrogen and oxygen atoms in total. The van der Waals surface area contributed by atoms with Crippen LogP contribution in [0.4, 0.5) is 0 Å². The molecule has 0 saturated carbocycles. The summed E-state index contributed by atoms with van der Waals surface area (Å²) >= 11 is -1.63. The molecule has 3 aromatic rings. The average Bonchev–Trinajstić information content (AvgIpc) is 2.95. The van der Waals surface area contributed by atoms with Crippen molar-refractivity contribution in [3.63, 3.8) is 0 Å². The van der Waals surface area contributed by atoms with Gasteiger partial charge < -0.3 is 28.4 Å². The van der Waals surface area contributed by atoms with Crippen LogP contribution in [0.1, 0.15) is 0 Å². The normalized spacial score (nSPS) is 16.7. The van der Waals surface area contributed by atoms with Gasteiger partial charge in [-0.05, 0) is 0 Å². The minimum absolute atomic E-state index is 0. The van der Waals surface area contributed by atoms with Crippen LogP contribution in [0.3, 0.4) is 0 Å². The molecule has 1 saturated heterocycles. The average molecular weight is 607 g/mol. The van der Waals surface area contributed by atoms with Crippen molar-refractivity contribution in [1.29, 1.82) is 0 Å². The molecular formula is C30H39GeKO6+. The van der Waals surface area contributed by atoms with Crippen LogP contribution in [0.2, 0.25) is 0 Å². The Morgan fingerprint density at radius 1 is 0.316 bits per heavy atom. The van der Waals surface area contributed by atoms with Crippen LogP contribution in [0.25, 0.3) is 0 Å². The Morgan fingerprint density at radius 2 is 0.500 bits per heavy atom. The summed E-state index contributed by atoms with van der Waals surface area (Å²) in [7, 11) is 0. The first-order chi connectivity index (χ1) is 18.4. The molecule has 0 atom stereocenters. The predicted octanol–water partition coefficient (Wildman–Crippen LogP) is -0.694. The molecule has 1 aliphatic rings. The molecule has 1 fully saturated rings. The Morgan fingerprint density at radius 3 is 0.684 bits per heavy atom. The Hall–Kier alpha value is -0.401. The van der Waals surface area contributed by atoms with Crippen LogP contribution >= 0.6 is 0 Å². The van der Waals surface area contributed by atoms with Gasteiger partial charge in [-0.1, -0.05) is 0 Å². The fourth-order valence-corrected chi connectivity index (χ4v) is 9.04. The fourth-order valence-electron chi connectivity index (χ4n) is 3.63. The van der Waals surface area contributed by atoms with Crippen molar-refractivity contribution >= 4 is 27.5 Å². The molecule has 1 radical (unpaired) electrons. The molecule has 4 rings (SSSR count). The van der Waals surface area contributed by atoms with E-state index in [1.807, 2.05) is 0 Å². The van der Waals surface area contributed by atoms with Crippen molar-refractivity contribution in [2.75, 3.05) is 79.3 Å². The summed E-state index contributed by atoms with van der Waals surface area (Å²) in [5.41, 5.74) is 0. The standard InChI is InChI=1S/C18H15Ge.C12H24O6.K/c1-4-10-16(11-5-1)19(17-12-6-2-7-13-17)18-14-8-3-9-15-18;1-2-14-5-6-16-9-10-18-12-11-17-8-7-15-4-3-13-1;/h1-15H;1-12H2;/q;;+1. The van der Waals surface area contributed by atoms with Crippen LogP contribution < -0.4 is 64.6 Å². The second kappa shape index (κ2) is 23.3. The molecule has 38 heavy (non-hydrogen) atoms. The number of hydrogen-bond acceptors (Lipinski definition) is 6. The predicted molar refractivity (Wildman–Crippen MR) is 149 cm³/mol. The summed E-state index contributed by atoms with van der Waals surface area (Å²) in [5.74, 6) is 0. The second-order valence-electron chi connectivity index (χ2n) is 8.15. The van der Waals surface area contributed by atoms with Gasteiger partial charge in [-0.3, -0.25) is 0 Å². The van der Waals surface area contributed by atoms with Crippen molar-refractivity contribution in [3.8, 4) is 0 Å². The van der Waals surface area contributed by atoms with Gasteiger partial charge in [-0.15, -0.1) is 0 Å². The van der Waals surface area contributed by atoms with E-state index >= 15 is 0 Å². The number of ether oxygens (including phenoxy) is 6. The van der Waals surface area contributed by atoms with E-state index in [9.17, 15) is 0 Å². The zero-order valence-electron chi connectivity index (χ0n) is 22.6. The van der Waals surface area contributed by atoms with Gasteiger partial charge in [0, 0.05) is 0 Å². The van der Waals surface area contributed by atoms with Crippen molar-refractivity contribution in [2.45, 2.75) is 0 Å². The summed E-state index contributed by atoms with van der Waals surface area (Å²) in [6.07, 6.45) is 0. The first-order valence-electron chi connectivity index (χ1n) is 12.9. The molecule has 1 heterocycles. The molecular weight excluding hydrogens is 568 g/mol. The zero-order chi connectivity index (χ0) is 25.6. The Kier molecular flexibility index (Phi) is 20.7. The molecule has 0 aliphatic carbocycles. The van der Waals surface area contributed by atoms with E-state index in [0.717, 1.165) is 0 Å². The maximum atomic E-state index is 5.33. The third kappa shape index (κ3) is 14.8. The van der Waals surface area contributed by atoms with Crippen LogP contribution in [0.5, 0.6) is 0 Å². The molecule has 0 unspecified atom stereocenters. The van der Waals surface area contributed by atoms with Gasteiger partial charge in [0.25, 0.3) is 0 Å². The molecule has 8 heteroatoms. The number of hydrogen-bond donors (Lipinski definition) is 0. The van der Waals surface area contributed by atoms with Crippen molar-refractivity contribution in [3.05, 3.63) is 91.0 Å².